The largest absolute Gasteiger partial charge is 0.497 e. The summed E-state index contributed by atoms with van der Waals surface area (Å²) in [7, 11) is -1.17. The zero-order valence-corrected chi connectivity index (χ0v) is 25.3. The molecule has 0 saturated heterocycles. The number of sulfonamides is 1. The number of halogens is 1. The standard InChI is InChI=1S/C31H32FN5O6S/c1-4-5-16-36-29-28(30(38)37(31(36)39)19-21-8-6-7-9-24(21)32)33-27(34-29)17-20-10-12-22(13-11-20)35-44(40,41)26-18-23(42-2)14-15-25(26)43-3/h6-15,18,35H,4-5,16-17,19H2,1-3H3,(H,33,34). The number of benzene rings is 3. The van der Waals surface area contributed by atoms with Crippen molar-refractivity contribution in [3.63, 3.8) is 0 Å². The normalized spacial score (nSPS) is 11.5. The fourth-order valence-electron chi connectivity index (χ4n) is 4.84. The number of H-pyrrole nitrogens is 1. The molecule has 0 atom stereocenters. The van der Waals surface area contributed by atoms with E-state index in [1.54, 1.807) is 42.5 Å². The Labute approximate surface area is 253 Å². The summed E-state index contributed by atoms with van der Waals surface area (Å²) in [5.74, 6) is 0.481. The molecule has 230 valence electrons. The average Bonchev–Trinajstić information content (AvgIpc) is 3.44. The van der Waals surface area contributed by atoms with Crippen LogP contribution in [-0.4, -0.2) is 41.7 Å². The van der Waals surface area contributed by atoms with Crippen molar-refractivity contribution in [2.24, 2.45) is 0 Å². The van der Waals surface area contributed by atoms with Crippen LogP contribution >= 0.6 is 0 Å². The fourth-order valence-corrected chi connectivity index (χ4v) is 6.08. The van der Waals surface area contributed by atoms with Gasteiger partial charge in [0.2, 0.25) is 0 Å². The lowest BCUT2D eigenvalue weighted by atomic mass is 10.1. The Morgan fingerprint density at radius 2 is 1.73 bits per heavy atom. The highest BCUT2D eigenvalue weighted by molar-refractivity contribution is 7.92. The zero-order chi connectivity index (χ0) is 31.4. The average molecular weight is 622 g/mol. The number of methoxy groups -OCH3 is 2. The number of aromatic amines is 1. The summed E-state index contributed by atoms with van der Waals surface area (Å²) in [5.41, 5.74) is 0.591. The van der Waals surface area contributed by atoms with Crippen LogP contribution in [0, 0.1) is 5.82 Å². The van der Waals surface area contributed by atoms with E-state index in [-0.39, 0.29) is 40.3 Å². The predicted molar refractivity (Wildman–Crippen MR) is 165 cm³/mol. The summed E-state index contributed by atoms with van der Waals surface area (Å²) in [4.78, 5) is 34.4. The minimum atomic E-state index is -4.00. The van der Waals surface area contributed by atoms with Crippen molar-refractivity contribution in [3.05, 3.63) is 110 Å². The number of imidazole rings is 1. The van der Waals surface area contributed by atoms with Crippen LogP contribution < -0.4 is 25.4 Å². The molecule has 0 radical (unpaired) electrons. The highest BCUT2D eigenvalue weighted by Crippen LogP contribution is 2.30. The third kappa shape index (κ3) is 6.23. The predicted octanol–water partition coefficient (Wildman–Crippen LogP) is 4.28. The van der Waals surface area contributed by atoms with E-state index in [2.05, 4.69) is 14.7 Å². The van der Waals surface area contributed by atoms with E-state index < -0.39 is 27.1 Å². The lowest BCUT2D eigenvalue weighted by Gasteiger charge is -2.13. The van der Waals surface area contributed by atoms with Crippen LogP contribution in [0.3, 0.4) is 0 Å². The minimum absolute atomic E-state index is 0.0690. The summed E-state index contributed by atoms with van der Waals surface area (Å²) in [6.07, 6.45) is 1.78. The number of hydrogen-bond donors (Lipinski definition) is 2. The summed E-state index contributed by atoms with van der Waals surface area (Å²) < 4.78 is 56.0. The molecule has 3 aromatic carbocycles. The number of nitrogens with zero attached hydrogens (tertiary/aromatic N) is 3. The third-order valence-electron chi connectivity index (χ3n) is 7.17. The van der Waals surface area contributed by atoms with Gasteiger partial charge in [-0.1, -0.05) is 43.7 Å². The Bertz CT molecular complexity index is 2030. The van der Waals surface area contributed by atoms with Gasteiger partial charge in [0.15, 0.2) is 5.65 Å². The van der Waals surface area contributed by atoms with Crippen LogP contribution in [0.25, 0.3) is 11.2 Å². The van der Waals surface area contributed by atoms with E-state index in [0.717, 1.165) is 16.6 Å². The van der Waals surface area contributed by atoms with Crippen LogP contribution in [-0.2, 0) is 29.5 Å². The van der Waals surface area contributed by atoms with Gasteiger partial charge in [0.25, 0.3) is 15.6 Å². The van der Waals surface area contributed by atoms with Crippen LogP contribution in [0.5, 0.6) is 11.5 Å². The molecule has 0 aliphatic rings. The molecule has 2 heterocycles. The number of anilines is 1. The molecular formula is C31H32FN5O6S. The van der Waals surface area contributed by atoms with Crippen molar-refractivity contribution in [2.75, 3.05) is 18.9 Å². The molecule has 0 amide bonds. The zero-order valence-electron chi connectivity index (χ0n) is 24.5. The molecule has 0 aliphatic heterocycles. The van der Waals surface area contributed by atoms with Gasteiger partial charge < -0.3 is 14.5 Å². The van der Waals surface area contributed by atoms with Gasteiger partial charge in [0.05, 0.1) is 20.8 Å². The molecule has 0 bridgehead atoms. The highest BCUT2D eigenvalue weighted by atomic mass is 32.2. The molecule has 0 saturated carbocycles. The molecule has 5 aromatic rings. The second-order valence-electron chi connectivity index (χ2n) is 10.1. The molecule has 13 heteroatoms. The second-order valence-corrected chi connectivity index (χ2v) is 11.8. The van der Waals surface area contributed by atoms with Crippen LogP contribution in [0.2, 0.25) is 0 Å². The van der Waals surface area contributed by atoms with Crippen molar-refractivity contribution in [1.82, 2.24) is 19.1 Å². The summed E-state index contributed by atoms with van der Waals surface area (Å²) in [6.45, 7) is 2.13. The number of aromatic nitrogens is 4. The summed E-state index contributed by atoms with van der Waals surface area (Å²) in [6, 6.07) is 17.2. The molecule has 44 heavy (non-hydrogen) atoms. The van der Waals surface area contributed by atoms with Crippen molar-refractivity contribution < 1.29 is 22.3 Å². The van der Waals surface area contributed by atoms with Crippen LogP contribution in [0.15, 0.2) is 81.2 Å². The van der Waals surface area contributed by atoms with Crippen molar-refractivity contribution in [2.45, 2.75) is 44.2 Å². The first-order chi connectivity index (χ1) is 21.1. The van der Waals surface area contributed by atoms with Gasteiger partial charge in [-0.05, 0) is 42.3 Å². The van der Waals surface area contributed by atoms with Crippen molar-refractivity contribution >= 4 is 26.9 Å². The van der Waals surface area contributed by atoms with Gasteiger partial charge in [0.1, 0.15) is 33.6 Å². The monoisotopic (exact) mass is 621 g/mol. The van der Waals surface area contributed by atoms with Crippen LogP contribution in [0.4, 0.5) is 10.1 Å². The maximum Gasteiger partial charge on any atom is 0.333 e. The summed E-state index contributed by atoms with van der Waals surface area (Å²) in [5, 5.41) is 0. The molecule has 0 unspecified atom stereocenters. The van der Waals surface area contributed by atoms with Crippen LogP contribution in [0.1, 0.15) is 36.7 Å². The lowest BCUT2D eigenvalue weighted by molar-refractivity contribution is 0.392. The number of nitrogens with one attached hydrogen (secondary N) is 2. The number of unbranched alkanes of at least 4 members (excludes halogenated alkanes) is 1. The number of fused-ring (bicyclic) bond motifs is 1. The number of rotatable bonds is 12. The lowest BCUT2D eigenvalue weighted by Crippen LogP contribution is -2.40. The van der Waals surface area contributed by atoms with E-state index in [0.29, 0.717) is 30.2 Å². The maximum atomic E-state index is 14.4. The number of ether oxygens (including phenoxy) is 2. The SMILES string of the molecule is CCCCn1c(=O)n(Cc2ccccc2F)c(=O)c2[nH]c(Cc3ccc(NS(=O)(=O)c4cc(OC)ccc4OC)cc3)nc21. The Balaban J connectivity index is 1.43. The van der Waals surface area contributed by atoms with Gasteiger partial charge in [0, 0.05) is 30.3 Å². The first-order valence-electron chi connectivity index (χ1n) is 13.9. The van der Waals surface area contributed by atoms with Gasteiger partial charge >= 0.3 is 5.69 Å². The molecule has 11 nitrogen and oxygen atoms in total. The fraction of sp³-hybridized carbons (Fsp3) is 0.258. The Hall–Kier alpha value is -4.91. The van der Waals surface area contributed by atoms with E-state index in [1.165, 1.54) is 43.1 Å². The number of aryl methyl sites for hydroxylation is 1. The Kier molecular flexibility index (Phi) is 8.86. The molecule has 0 aliphatic carbocycles. The molecule has 0 fully saturated rings. The minimum Gasteiger partial charge on any atom is -0.497 e. The Morgan fingerprint density at radius 3 is 2.41 bits per heavy atom. The molecular weight excluding hydrogens is 589 g/mol. The van der Waals surface area contributed by atoms with Gasteiger partial charge in [-0.15, -0.1) is 0 Å². The van der Waals surface area contributed by atoms with Gasteiger partial charge in [-0.25, -0.2) is 22.6 Å². The Morgan fingerprint density at radius 1 is 0.977 bits per heavy atom. The molecule has 0 spiro atoms. The third-order valence-corrected chi connectivity index (χ3v) is 8.57. The summed E-state index contributed by atoms with van der Waals surface area (Å²) >= 11 is 0. The highest BCUT2D eigenvalue weighted by Gasteiger charge is 2.22. The number of hydrogen-bond acceptors (Lipinski definition) is 7. The quantitative estimate of drug-likeness (QED) is 0.212. The van der Waals surface area contributed by atoms with Crippen molar-refractivity contribution in [1.29, 1.82) is 0 Å². The van der Waals surface area contributed by atoms with E-state index in [9.17, 15) is 22.4 Å². The van der Waals surface area contributed by atoms with Crippen molar-refractivity contribution in [3.8, 4) is 11.5 Å². The molecule has 2 aromatic heterocycles. The van der Waals surface area contributed by atoms with E-state index in [1.807, 2.05) is 6.92 Å². The first kappa shape index (κ1) is 30.5. The van der Waals surface area contributed by atoms with E-state index in [4.69, 9.17) is 9.47 Å². The topological polar surface area (TPSA) is 137 Å². The molecule has 2 N–H and O–H groups in total. The smallest absolute Gasteiger partial charge is 0.333 e. The maximum absolute atomic E-state index is 14.4. The van der Waals surface area contributed by atoms with E-state index >= 15 is 0 Å². The van der Waals surface area contributed by atoms with Gasteiger partial charge in [-0.3, -0.25) is 18.7 Å². The first-order valence-corrected chi connectivity index (χ1v) is 15.4. The molecule has 5 rings (SSSR count). The second kappa shape index (κ2) is 12.8. The van der Waals surface area contributed by atoms with Gasteiger partial charge in [-0.2, -0.15) is 0 Å².